The molecule has 0 unspecified atom stereocenters. The van der Waals surface area contributed by atoms with E-state index >= 15 is 0 Å². The van der Waals surface area contributed by atoms with Crippen LogP contribution < -0.4 is 9.47 Å². The van der Waals surface area contributed by atoms with E-state index in [9.17, 15) is 0 Å². The van der Waals surface area contributed by atoms with Crippen LogP contribution in [-0.4, -0.2) is 67.5 Å². The zero-order valence-corrected chi connectivity index (χ0v) is 26.9. The van der Waals surface area contributed by atoms with Crippen LogP contribution in [0.15, 0.2) is 48.0 Å². The molecule has 7 heteroatoms. The molecule has 3 heterocycles. The van der Waals surface area contributed by atoms with Gasteiger partial charge in [0.05, 0.1) is 25.4 Å². The van der Waals surface area contributed by atoms with E-state index in [2.05, 4.69) is 74.8 Å². The Kier molecular flexibility index (Phi) is 10.5. The lowest BCUT2D eigenvalue weighted by Gasteiger charge is -2.48. The van der Waals surface area contributed by atoms with Crippen molar-refractivity contribution < 1.29 is 18.9 Å². The molecule has 5 rings (SSSR count). The Bertz CT molecular complexity index is 1220. The maximum absolute atomic E-state index is 6.74. The first kappa shape index (κ1) is 31.3. The molecule has 2 aromatic carbocycles. The lowest BCUT2D eigenvalue weighted by Crippen LogP contribution is -2.48. The van der Waals surface area contributed by atoms with Gasteiger partial charge >= 0.3 is 0 Å². The Morgan fingerprint density at radius 3 is 2.69 bits per heavy atom. The van der Waals surface area contributed by atoms with Gasteiger partial charge in [-0.1, -0.05) is 29.3 Å². The highest BCUT2D eigenvalue weighted by Gasteiger charge is 2.47. The summed E-state index contributed by atoms with van der Waals surface area (Å²) in [5.74, 6) is 2.16. The van der Waals surface area contributed by atoms with E-state index in [0.29, 0.717) is 12.5 Å². The number of halogens is 1. The maximum atomic E-state index is 6.74. The van der Waals surface area contributed by atoms with Crippen molar-refractivity contribution in [2.45, 2.75) is 84.8 Å². The average molecular weight is 597 g/mol. The van der Waals surface area contributed by atoms with Crippen molar-refractivity contribution in [1.82, 2.24) is 9.80 Å². The van der Waals surface area contributed by atoms with Gasteiger partial charge in [0.2, 0.25) is 0 Å². The third-order valence-electron chi connectivity index (χ3n) is 8.87. The van der Waals surface area contributed by atoms with E-state index in [0.717, 1.165) is 99.4 Å². The lowest BCUT2D eigenvalue weighted by atomic mass is 9.75. The van der Waals surface area contributed by atoms with Gasteiger partial charge in [-0.05, 0) is 96.3 Å². The normalized spacial score (nSPS) is 23.5. The maximum Gasteiger partial charge on any atom is 0.126 e. The summed E-state index contributed by atoms with van der Waals surface area (Å²) >= 11 is 6.38. The predicted octanol–water partition coefficient (Wildman–Crippen LogP) is 7.44. The summed E-state index contributed by atoms with van der Waals surface area (Å²) in [6.45, 7) is 18.6. The smallest absolute Gasteiger partial charge is 0.126 e. The second-order valence-electron chi connectivity index (χ2n) is 13.0. The first-order chi connectivity index (χ1) is 20.2. The van der Waals surface area contributed by atoms with Crippen molar-refractivity contribution in [3.05, 3.63) is 69.8 Å². The number of fused-ring (bicyclic) bond motifs is 3. The molecule has 2 saturated heterocycles. The fourth-order valence-electron chi connectivity index (χ4n) is 6.52. The summed E-state index contributed by atoms with van der Waals surface area (Å²) < 4.78 is 25.4. The third-order valence-corrected chi connectivity index (χ3v) is 9.10. The Morgan fingerprint density at radius 1 is 1.12 bits per heavy atom. The molecule has 3 aliphatic rings. The largest absolute Gasteiger partial charge is 0.489 e. The second kappa shape index (κ2) is 14.1. The van der Waals surface area contributed by atoms with Crippen molar-refractivity contribution >= 4 is 11.6 Å². The van der Waals surface area contributed by atoms with E-state index in [-0.39, 0.29) is 17.8 Å². The second-order valence-corrected chi connectivity index (χ2v) is 13.4. The highest BCUT2D eigenvalue weighted by molar-refractivity contribution is 6.30. The molecule has 0 aliphatic carbocycles. The van der Waals surface area contributed by atoms with Crippen LogP contribution in [0.5, 0.6) is 11.5 Å². The summed E-state index contributed by atoms with van der Waals surface area (Å²) in [6.07, 6.45) is 5.64. The molecular weight excluding hydrogens is 548 g/mol. The van der Waals surface area contributed by atoms with E-state index in [4.69, 9.17) is 30.5 Å². The van der Waals surface area contributed by atoms with Crippen molar-refractivity contribution in [2.75, 3.05) is 46.0 Å². The van der Waals surface area contributed by atoms with Gasteiger partial charge in [-0.3, -0.25) is 9.80 Å². The first-order valence-electron chi connectivity index (χ1n) is 15.7. The molecule has 6 nitrogen and oxygen atoms in total. The highest BCUT2D eigenvalue weighted by Crippen LogP contribution is 2.52. The summed E-state index contributed by atoms with van der Waals surface area (Å²) in [4.78, 5) is 5.02. The minimum absolute atomic E-state index is 0.0171. The number of allylic oxidation sites excluding steroid dienone is 1. The lowest BCUT2D eigenvalue weighted by molar-refractivity contribution is -0.144. The fraction of sp³-hybridized carbons (Fsp3) is 0.600. The zero-order chi connectivity index (χ0) is 29.7. The number of ether oxygens (including phenoxy) is 4. The number of morpholine rings is 1. The van der Waals surface area contributed by atoms with Gasteiger partial charge in [-0.2, -0.15) is 0 Å². The van der Waals surface area contributed by atoms with Crippen LogP contribution in [0, 0.1) is 5.92 Å². The van der Waals surface area contributed by atoms with Crippen molar-refractivity contribution in [2.24, 2.45) is 5.92 Å². The molecule has 0 spiro atoms. The molecule has 0 radical (unpaired) electrons. The Hall–Kier alpha value is -2.09. The van der Waals surface area contributed by atoms with Crippen molar-refractivity contribution in [1.29, 1.82) is 0 Å². The zero-order valence-electron chi connectivity index (χ0n) is 26.2. The SMILES string of the molecule is CC(C)=CCOc1cc2c(cc1CN(CCCN1CCOCC1)Cc1cccc(Cl)c1)OC(C)(C)[C@H]1CC[C@H](C)O[C@H]21. The van der Waals surface area contributed by atoms with Gasteiger partial charge in [-0.25, -0.2) is 0 Å². The molecule has 42 heavy (non-hydrogen) atoms. The average Bonchev–Trinajstić information content (AvgIpc) is 2.93. The quantitative estimate of drug-likeness (QED) is 0.251. The van der Waals surface area contributed by atoms with Crippen LogP contribution in [0.4, 0.5) is 0 Å². The fourth-order valence-corrected chi connectivity index (χ4v) is 6.73. The molecule has 0 N–H and O–H groups in total. The number of rotatable bonds is 11. The molecule has 0 bridgehead atoms. The van der Waals surface area contributed by atoms with Crippen LogP contribution in [0.1, 0.15) is 76.7 Å². The molecular formula is C35H49ClN2O4. The summed E-state index contributed by atoms with van der Waals surface area (Å²) in [5, 5.41) is 0.771. The van der Waals surface area contributed by atoms with Crippen molar-refractivity contribution in [3.63, 3.8) is 0 Å². The molecule has 3 aliphatic heterocycles. The van der Waals surface area contributed by atoms with Crippen LogP contribution in [0.2, 0.25) is 5.02 Å². The Labute approximate surface area is 257 Å². The Morgan fingerprint density at radius 2 is 1.93 bits per heavy atom. The number of hydrogen-bond acceptors (Lipinski definition) is 6. The number of nitrogens with zero attached hydrogens (tertiary/aromatic N) is 2. The molecule has 3 atom stereocenters. The minimum atomic E-state index is -0.294. The number of benzene rings is 2. The van der Waals surface area contributed by atoms with Gasteiger partial charge in [0.15, 0.2) is 0 Å². The van der Waals surface area contributed by atoms with Crippen LogP contribution >= 0.6 is 11.6 Å². The van der Waals surface area contributed by atoms with E-state index < -0.39 is 0 Å². The van der Waals surface area contributed by atoms with Gasteiger partial charge in [0.25, 0.3) is 0 Å². The summed E-state index contributed by atoms with van der Waals surface area (Å²) in [6, 6.07) is 12.6. The van der Waals surface area contributed by atoms with Crippen LogP contribution in [0.3, 0.4) is 0 Å². The molecule has 0 amide bonds. The summed E-state index contributed by atoms with van der Waals surface area (Å²) in [7, 11) is 0. The highest BCUT2D eigenvalue weighted by atomic mass is 35.5. The van der Waals surface area contributed by atoms with Crippen molar-refractivity contribution in [3.8, 4) is 11.5 Å². The molecule has 2 aromatic rings. The monoisotopic (exact) mass is 596 g/mol. The van der Waals surface area contributed by atoms with Crippen LogP contribution in [-0.2, 0) is 22.6 Å². The van der Waals surface area contributed by atoms with Gasteiger partial charge in [0, 0.05) is 54.8 Å². The van der Waals surface area contributed by atoms with Gasteiger partial charge in [-0.15, -0.1) is 0 Å². The Balaban J connectivity index is 1.43. The molecule has 0 saturated carbocycles. The number of hydrogen-bond donors (Lipinski definition) is 0. The molecule has 2 fully saturated rings. The summed E-state index contributed by atoms with van der Waals surface area (Å²) in [5.41, 5.74) is 4.43. The minimum Gasteiger partial charge on any atom is -0.489 e. The van der Waals surface area contributed by atoms with Gasteiger partial charge < -0.3 is 18.9 Å². The predicted molar refractivity (Wildman–Crippen MR) is 170 cm³/mol. The standard InChI is InChI=1S/C35H49ClN2O4/c1-25(2)12-17-40-32-22-30-33(42-35(4,5)31-11-10-26(3)41-34(30)31)21-28(32)24-38(23-27-8-6-9-29(36)20-27)14-7-13-37-15-18-39-19-16-37/h6,8-9,12,20-22,26,31,34H,7,10-11,13-19,23-24H2,1-5H3/t26-,31-,34+/m0/s1. The van der Waals surface area contributed by atoms with E-state index in [1.807, 2.05) is 12.1 Å². The topological polar surface area (TPSA) is 43.4 Å². The van der Waals surface area contributed by atoms with E-state index in [1.54, 1.807) is 0 Å². The van der Waals surface area contributed by atoms with Crippen LogP contribution in [0.25, 0.3) is 0 Å². The third kappa shape index (κ3) is 8.09. The molecule has 230 valence electrons. The van der Waals surface area contributed by atoms with Gasteiger partial charge in [0.1, 0.15) is 23.7 Å². The molecule has 0 aromatic heterocycles. The first-order valence-corrected chi connectivity index (χ1v) is 16.1. The van der Waals surface area contributed by atoms with E-state index in [1.165, 1.54) is 11.1 Å².